The summed E-state index contributed by atoms with van der Waals surface area (Å²) in [5.41, 5.74) is 0.671. The first-order valence-electron chi connectivity index (χ1n) is 5.69. The Hall–Kier alpha value is -0.0400. The Labute approximate surface area is 84.5 Å². The fraction of sp³-hybridized carbons (Fsp3) is 1.00. The maximum absolute atomic E-state index is 2.44. The minimum absolute atomic E-state index is 0.671. The molecule has 0 aromatic carbocycles. The predicted octanol–water partition coefficient (Wildman–Crippen LogP) is 3.40. The van der Waals surface area contributed by atoms with Crippen LogP contribution in [0.15, 0.2) is 0 Å². The molecule has 2 unspecified atom stereocenters. The van der Waals surface area contributed by atoms with Gasteiger partial charge < -0.3 is 4.90 Å². The summed E-state index contributed by atoms with van der Waals surface area (Å²) in [7, 11) is 4.32. The van der Waals surface area contributed by atoms with Crippen molar-refractivity contribution in [1.29, 1.82) is 0 Å². The Kier molecular flexibility index (Phi) is 5.62. The van der Waals surface area contributed by atoms with E-state index in [1.54, 1.807) is 0 Å². The zero-order valence-corrected chi connectivity index (χ0v) is 10.4. The van der Waals surface area contributed by atoms with Crippen LogP contribution in [0.3, 0.4) is 0 Å². The molecule has 1 saturated carbocycles. The second kappa shape index (κ2) is 5.64. The molecule has 0 radical (unpaired) electrons. The molecule has 0 spiro atoms. The lowest BCUT2D eigenvalue weighted by Gasteiger charge is -2.46. The maximum atomic E-state index is 2.44. The van der Waals surface area contributed by atoms with Gasteiger partial charge in [0.05, 0.1) is 0 Å². The predicted molar refractivity (Wildman–Crippen MR) is 61.0 cm³/mol. The SMILES string of the molecule is CC.CC1CCC1(C)CCN(C)C. The third kappa shape index (κ3) is 3.68. The molecular weight excluding hydrogens is 158 g/mol. The lowest BCUT2D eigenvalue weighted by atomic mass is 9.60. The fourth-order valence-corrected chi connectivity index (χ4v) is 1.78. The van der Waals surface area contributed by atoms with Crippen LogP contribution in [-0.4, -0.2) is 25.5 Å². The van der Waals surface area contributed by atoms with Crippen LogP contribution in [0.1, 0.15) is 47.0 Å². The van der Waals surface area contributed by atoms with Gasteiger partial charge in [-0.05, 0) is 51.2 Å². The average Bonchev–Trinajstić information content (AvgIpc) is 2.15. The highest BCUT2D eigenvalue weighted by molar-refractivity contribution is 4.89. The van der Waals surface area contributed by atoms with E-state index in [0.717, 1.165) is 5.92 Å². The highest BCUT2D eigenvalue weighted by Gasteiger charge is 2.38. The Morgan fingerprint density at radius 3 is 2.08 bits per heavy atom. The number of rotatable bonds is 3. The summed E-state index contributed by atoms with van der Waals surface area (Å²) in [6, 6.07) is 0. The Bertz CT molecular complexity index is 131. The van der Waals surface area contributed by atoms with E-state index >= 15 is 0 Å². The molecular formula is C12H27N. The molecule has 0 amide bonds. The standard InChI is InChI=1S/C10H21N.C2H6/c1-9-5-6-10(9,2)7-8-11(3)4;1-2/h9H,5-8H2,1-4H3;1-2H3. The lowest BCUT2D eigenvalue weighted by molar-refractivity contribution is 0.0474. The zero-order valence-electron chi connectivity index (χ0n) is 10.4. The van der Waals surface area contributed by atoms with Crippen molar-refractivity contribution in [2.45, 2.75) is 47.0 Å². The Morgan fingerprint density at radius 1 is 1.31 bits per heavy atom. The molecule has 0 bridgehead atoms. The highest BCUT2D eigenvalue weighted by Crippen LogP contribution is 2.48. The van der Waals surface area contributed by atoms with Crippen molar-refractivity contribution in [3.63, 3.8) is 0 Å². The largest absolute Gasteiger partial charge is 0.309 e. The topological polar surface area (TPSA) is 3.24 Å². The molecule has 1 aliphatic rings. The number of hydrogen-bond donors (Lipinski definition) is 0. The molecule has 0 saturated heterocycles. The Balaban J connectivity index is 0.000000671. The monoisotopic (exact) mass is 185 g/mol. The van der Waals surface area contributed by atoms with Gasteiger partial charge in [0, 0.05) is 0 Å². The molecule has 1 rings (SSSR count). The molecule has 1 fully saturated rings. The summed E-state index contributed by atoms with van der Waals surface area (Å²) in [5, 5.41) is 0. The molecule has 1 heteroatoms. The summed E-state index contributed by atoms with van der Waals surface area (Å²) in [6.07, 6.45) is 4.27. The van der Waals surface area contributed by atoms with Gasteiger partial charge in [-0.15, -0.1) is 0 Å². The fourth-order valence-electron chi connectivity index (χ4n) is 1.78. The van der Waals surface area contributed by atoms with Crippen LogP contribution in [0, 0.1) is 11.3 Å². The van der Waals surface area contributed by atoms with E-state index in [1.165, 1.54) is 25.8 Å². The maximum Gasteiger partial charge on any atom is -0.00195 e. The molecule has 2 atom stereocenters. The van der Waals surface area contributed by atoms with Crippen molar-refractivity contribution < 1.29 is 0 Å². The van der Waals surface area contributed by atoms with E-state index in [9.17, 15) is 0 Å². The first kappa shape index (κ1) is 13.0. The van der Waals surface area contributed by atoms with Crippen molar-refractivity contribution in [3.05, 3.63) is 0 Å². The van der Waals surface area contributed by atoms with Gasteiger partial charge in [0.25, 0.3) is 0 Å². The first-order valence-corrected chi connectivity index (χ1v) is 5.69. The Morgan fingerprint density at radius 2 is 1.85 bits per heavy atom. The van der Waals surface area contributed by atoms with E-state index in [2.05, 4.69) is 32.8 Å². The number of nitrogens with zero attached hydrogens (tertiary/aromatic N) is 1. The smallest absolute Gasteiger partial charge is 0.00195 e. The van der Waals surface area contributed by atoms with Gasteiger partial charge in [-0.25, -0.2) is 0 Å². The van der Waals surface area contributed by atoms with Crippen molar-refractivity contribution in [3.8, 4) is 0 Å². The average molecular weight is 185 g/mol. The molecule has 80 valence electrons. The molecule has 0 aromatic heterocycles. The minimum Gasteiger partial charge on any atom is -0.309 e. The molecule has 0 N–H and O–H groups in total. The molecule has 0 aliphatic heterocycles. The molecule has 1 aliphatic carbocycles. The van der Waals surface area contributed by atoms with E-state index in [4.69, 9.17) is 0 Å². The van der Waals surface area contributed by atoms with Gasteiger partial charge in [0.2, 0.25) is 0 Å². The summed E-state index contributed by atoms with van der Waals surface area (Å²) in [5.74, 6) is 0.961. The zero-order chi connectivity index (χ0) is 10.5. The van der Waals surface area contributed by atoms with Gasteiger partial charge in [-0.3, -0.25) is 0 Å². The first-order chi connectivity index (χ1) is 6.04. The van der Waals surface area contributed by atoms with Crippen LogP contribution < -0.4 is 0 Å². The van der Waals surface area contributed by atoms with E-state index in [0.29, 0.717) is 5.41 Å². The second-order valence-electron chi connectivity index (χ2n) is 4.65. The minimum atomic E-state index is 0.671. The summed E-state index contributed by atoms with van der Waals surface area (Å²) >= 11 is 0. The van der Waals surface area contributed by atoms with Gasteiger partial charge >= 0.3 is 0 Å². The van der Waals surface area contributed by atoms with Crippen LogP contribution >= 0.6 is 0 Å². The van der Waals surface area contributed by atoms with E-state index in [-0.39, 0.29) is 0 Å². The molecule has 0 heterocycles. The molecule has 1 nitrogen and oxygen atoms in total. The third-order valence-electron chi connectivity index (χ3n) is 3.47. The van der Waals surface area contributed by atoms with Crippen LogP contribution in [0.25, 0.3) is 0 Å². The van der Waals surface area contributed by atoms with Crippen LogP contribution in [0.5, 0.6) is 0 Å². The molecule has 13 heavy (non-hydrogen) atoms. The highest BCUT2D eigenvalue weighted by atomic mass is 15.0. The van der Waals surface area contributed by atoms with Gasteiger partial charge in [0.1, 0.15) is 0 Å². The van der Waals surface area contributed by atoms with Crippen molar-refractivity contribution in [1.82, 2.24) is 4.90 Å². The summed E-state index contributed by atoms with van der Waals surface area (Å²) < 4.78 is 0. The van der Waals surface area contributed by atoms with E-state index < -0.39 is 0 Å². The van der Waals surface area contributed by atoms with Crippen molar-refractivity contribution in [2.75, 3.05) is 20.6 Å². The number of hydrogen-bond acceptors (Lipinski definition) is 1. The summed E-state index contributed by atoms with van der Waals surface area (Å²) in [6.45, 7) is 10.1. The lowest BCUT2D eigenvalue weighted by Crippen LogP contribution is -2.37. The van der Waals surface area contributed by atoms with Gasteiger partial charge in [-0.1, -0.05) is 27.7 Å². The van der Waals surface area contributed by atoms with Gasteiger partial charge in [0.15, 0.2) is 0 Å². The summed E-state index contributed by atoms with van der Waals surface area (Å²) in [4.78, 5) is 2.29. The quantitative estimate of drug-likeness (QED) is 0.651. The molecule has 0 aromatic rings. The van der Waals surface area contributed by atoms with E-state index in [1.807, 2.05) is 13.8 Å². The van der Waals surface area contributed by atoms with Crippen molar-refractivity contribution >= 4 is 0 Å². The van der Waals surface area contributed by atoms with Crippen LogP contribution in [-0.2, 0) is 0 Å². The van der Waals surface area contributed by atoms with Crippen LogP contribution in [0.2, 0.25) is 0 Å². The normalized spacial score (nSPS) is 32.1. The van der Waals surface area contributed by atoms with Gasteiger partial charge in [-0.2, -0.15) is 0 Å². The van der Waals surface area contributed by atoms with Crippen molar-refractivity contribution in [2.24, 2.45) is 11.3 Å². The van der Waals surface area contributed by atoms with Crippen LogP contribution in [0.4, 0.5) is 0 Å². The third-order valence-corrected chi connectivity index (χ3v) is 3.47. The second-order valence-corrected chi connectivity index (χ2v) is 4.65.